The van der Waals surface area contributed by atoms with E-state index in [4.69, 9.17) is 16.3 Å². The fourth-order valence-corrected chi connectivity index (χ4v) is 1.39. The number of anilines is 1. The molecular formula is C9H12ClN3O. The molecule has 2 atom stereocenters. The van der Waals surface area contributed by atoms with Gasteiger partial charge in [0.15, 0.2) is 5.82 Å². The van der Waals surface area contributed by atoms with Crippen LogP contribution in [0.1, 0.15) is 13.3 Å². The molecule has 1 aromatic heterocycles. The summed E-state index contributed by atoms with van der Waals surface area (Å²) in [7, 11) is 1.53. The Kier molecular flexibility index (Phi) is 2.46. The van der Waals surface area contributed by atoms with Gasteiger partial charge >= 0.3 is 6.01 Å². The molecule has 5 heteroatoms. The molecule has 0 spiro atoms. The third kappa shape index (κ3) is 1.90. The van der Waals surface area contributed by atoms with Crippen LogP contribution in [-0.2, 0) is 0 Å². The normalized spacial score (nSPS) is 24.5. The van der Waals surface area contributed by atoms with Gasteiger partial charge in [-0.25, -0.2) is 4.98 Å². The summed E-state index contributed by atoms with van der Waals surface area (Å²) in [6.45, 7) is 2.18. The third-order valence-electron chi connectivity index (χ3n) is 2.34. The average molecular weight is 214 g/mol. The molecule has 4 nitrogen and oxygen atoms in total. The summed E-state index contributed by atoms with van der Waals surface area (Å²) in [5.74, 6) is 1.36. The van der Waals surface area contributed by atoms with Gasteiger partial charge in [0.2, 0.25) is 0 Å². The van der Waals surface area contributed by atoms with Crippen LogP contribution in [0.15, 0.2) is 6.20 Å². The molecule has 0 aliphatic heterocycles. The number of ether oxygens (including phenoxy) is 1. The molecule has 0 saturated heterocycles. The van der Waals surface area contributed by atoms with Gasteiger partial charge < -0.3 is 10.1 Å². The summed E-state index contributed by atoms with van der Waals surface area (Å²) in [6, 6.07) is 0.831. The molecule has 76 valence electrons. The van der Waals surface area contributed by atoms with Gasteiger partial charge in [-0.3, -0.25) is 0 Å². The topological polar surface area (TPSA) is 47.0 Å². The number of nitrogens with zero attached hydrogens (tertiary/aromatic N) is 2. The van der Waals surface area contributed by atoms with Crippen LogP contribution in [0, 0.1) is 5.92 Å². The molecule has 2 unspecified atom stereocenters. The molecule has 2 rings (SSSR count). The maximum absolute atomic E-state index is 5.93. The highest BCUT2D eigenvalue weighted by Gasteiger charge is 2.33. The number of hydrogen-bond donors (Lipinski definition) is 1. The van der Waals surface area contributed by atoms with E-state index in [1.165, 1.54) is 13.5 Å². The molecule has 0 bridgehead atoms. The van der Waals surface area contributed by atoms with Crippen LogP contribution in [-0.4, -0.2) is 23.1 Å². The van der Waals surface area contributed by atoms with Crippen molar-refractivity contribution in [3.63, 3.8) is 0 Å². The summed E-state index contributed by atoms with van der Waals surface area (Å²) in [6.07, 6.45) is 2.71. The summed E-state index contributed by atoms with van der Waals surface area (Å²) < 4.78 is 4.92. The molecule has 1 N–H and O–H groups in total. The lowest BCUT2D eigenvalue weighted by atomic mass is 10.4. The minimum absolute atomic E-state index is 0.338. The highest BCUT2D eigenvalue weighted by Crippen LogP contribution is 2.34. The molecule has 0 radical (unpaired) electrons. The Morgan fingerprint density at radius 1 is 1.64 bits per heavy atom. The van der Waals surface area contributed by atoms with Gasteiger partial charge in [0, 0.05) is 6.04 Å². The Morgan fingerprint density at radius 3 is 2.93 bits per heavy atom. The van der Waals surface area contributed by atoms with E-state index in [1.54, 1.807) is 6.20 Å². The van der Waals surface area contributed by atoms with Gasteiger partial charge in [-0.05, 0) is 12.3 Å². The Morgan fingerprint density at radius 2 is 2.36 bits per heavy atom. The fourth-order valence-electron chi connectivity index (χ4n) is 1.25. The first-order valence-corrected chi connectivity index (χ1v) is 4.91. The molecule has 1 saturated carbocycles. The van der Waals surface area contributed by atoms with Crippen LogP contribution in [0.5, 0.6) is 6.01 Å². The van der Waals surface area contributed by atoms with Gasteiger partial charge in [0.25, 0.3) is 0 Å². The lowest BCUT2D eigenvalue weighted by Crippen LogP contribution is -2.07. The predicted molar refractivity (Wildman–Crippen MR) is 54.8 cm³/mol. The maximum Gasteiger partial charge on any atom is 0.318 e. The number of aromatic nitrogens is 2. The van der Waals surface area contributed by atoms with Crippen molar-refractivity contribution in [1.29, 1.82) is 0 Å². The van der Waals surface area contributed by atoms with E-state index in [1.807, 2.05) is 0 Å². The van der Waals surface area contributed by atoms with Crippen molar-refractivity contribution >= 4 is 17.4 Å². The van der Waals surface area contributed by atoms with Crippen LogP contribution in [0.4, 0.5) is 5.82 Å². The van der Waals surface area contributed by atoms with E-state index in [9.17, 15) is 0 Å². The van der Waals surface area contributed by atoms with Crippen LogP contribution in [0.3, 0.4) is 0 Å². The zero-order valence-electron chi connectivity index (χ0n) is 8.12. The first-order valence-electron chi connectivity index (χ1n) is 4.53. The SMILES string of the molecule is COc1ncc(Cl)c(NC2CC2C)n1. The van der Waals surface area contributed by atoms with E-state index in [2.05, 4.69) is 22.2 Å². The van der Waals surface area contributed by atoms with Gasteiger partial charge in [0.1, 0.15) is 5.02 Å². The van der Waals surface area contributed by atoms with Crippen molar-refractivity contribution in [2.45, 2.75) is 19.4 Å². The molecule has 0 aromatic carbocycles. The Hall–Kier alpha value is -1.03. The lowest BCUT2D eigenvalue weighted by Gasteiger charge is -2.06. The van der Waals surface area contributed by atoms with E-state index < -0.39 is 0 Å². The quantitative estimate of drug-likeness (QED) is 0.834. The molecule has 0 amide bonds. The molecule has 14 heavy (non-hydrogen) atoms. The second-order valence-corrected chi connectivity index (χ2v) is 3.92. The van der Waals surface area contributed by atoms with Crippen molar-refractivity contribution in [2.24, 2.45) is 5.92 Å². The van der Waals surface area contributed by atoms with Gasteiger partial charge in [-0.15, -0.1) is 0 Å². The lowest BCUT2D eigenvalue weighted by molar-refractivity contribution is 0.380. The fraction of sp³-hybridized carbons (Fsp3) is 0.556. The number of hydrogen-bond acceptors (Lipinski definition) is 4. The number of nitrogens with one attached hydrogen (secondary N) is 1. The van der Waals surface area contributed by atoms with Crippen LogP contribution in [0.2, 0.25) is 5.02 Å². The predicted octanol–water partition coefficient (Wildman–Crippen LogP) is 1.96. The van der Waals surface area contributed by atoms with Crippen molar-refractivity contribution in [3.05, 3.63) is 11.2 Å². The van der Waals surface area contributed by atoms with Crippen molar-refractivity contribution in [2.75, 3.05) is 12.4 Å². The highest BCUT2D eigenvalue weighted by atomic mass is 35.5. The zero-order valence-corrected chi connectivity index (χ0v) is 8.88. The summed E-state index contributed by atoms with van der Waals surface area (Å²) >= 11 is 5.93. The first kappa shape index (κ1) is 9.52. The first-order chi connectivity index (χ1) is 6.70. The largest absolute Gasteiger partial charge is 0.467 e. The summed E-state index contributed by atoms with van der Waals surface area (Å²) in [4.78, 5) is 8.03. The van der Waals surface area contributed by atoms with E-state index in [0.29, 0.717) is 28.8 Å². The summed E-state index contributed by atoms with van der Waals surface area (Å²) in [5, 5.41) is 3.78. The Labute approximate surface area is 87.7 Å². The highest BCUT2D eigenvalue weighted by molar-refractivity contribution is 6.32. The number of rotatable bonds is 3. The van der Waals surface area contributed by atoms with Crippen LogP contribution in [0.25, 0.3) is 0 Å². The van der Waals surface area contributed by atoms with Crippen molar-refractivity contribution < 1.29 is 4.74 Å². The molecule has 1 aliphatic rings. The zero-order chi connectivity index (χ0) is 10.1. The van der Waals surface area contributed by atoms with E-state index in [0.717, 1.165) is 0 Å². The molecular weight excluding hydrogens is 202 g/mol. The monoisotopic (exact) mass is 213 g/mol. The van der Waals surface area contributed by atoms with E-state index >= 15 is 0 Å². The average Bonchev–Trinajstić information content (AvgIpc) is 2.86. The second-order valence-electron chi connectivity index (χ2n) is 3.52. The van der Waals surface area contributed by atoms with Crippen molar-refractivity contribution in [1.82, 2.24) is 9.97 Å². The summed E-state index contributed by atoms with van der Waals surface area (Å²) in [5.41, 5.74) is 0. The van der Waals surface area contributed by atoms with Gasteiger partial charge in [-0.1, -0.05) is 18.5 Å². The maximum atomic E-state index is 5.93. The minimum atomic E-state index is 0.338. The molecule has 1 fully saturated rings. The molecule has 1 aliphatic carbocycles. The van der Waals surface area contributed by atoms with Gasteiger partial charge in [0.05, 0.1) is 13.3 Å². The van der Waals surface area contributed by atoms with Gasteiger partial charge in [-0.2, -0.15) is 4.98 Å². The standard InChI is InChI=1S/C9H12ClN3O/c1-5-3-7(5)12-8-6(10)4-11-9(13-8)14-2/h4-5,7H,3H2,1-2H3,(H,11,12,13). The van der Waals surface area contributed by atoms with Crippen molar-refractivity contribution in [3.8, 4) is 6.01 Å². The minimum Gasteiger partial charge on any atom is -0.467 e. The molecule has 1 heterocycles. The van der Waals surface area contributed by atoms with Crippen LogP contribution >= 0.6 is 11.6 Å². The number of methoxy groups -OCH3 is 1. The Balaban J connectivity index is 2.14. The van der Waals surface area contributed by atoms with E-state index in [-0.39, 0.29) is 0 Å². The number of halogens is 1. The smallest absolute Gasteiger partial charge is 0.318 e. The Bertz CT molecular complexity index is 345. The third-order valence-corrected chi connectivity index (χ3v) is 2.61. The molecule has 1 aromatic rings. The van der Waals surface area contributed by atoms with Crippen LogP contribution < -0.4 is 10.1 Å². The second kappa shape index (κ2) is 3.61.